The molecule has 28 heavy (non-hydrogen) atoms. The number of nitrogens with zero attached hydrogens (tertiary/aromatic N) is 2. The van der Waals surface area contributed by atoms with Gasteiger partial charge < -0.3 is 10.1 Å². The van der Waals surface area contributed by atoms with E-state index >= 15 is 0 Å². The SMILES string of the molecule is O=C(COc1ccc(Cl)cc1)NCC(=O)N/N=C\c1ccc(Cl)c([N+](=O)[O-])c1. The number of hydrogen-bond donors (Lipinski definition) is 2. The topological polar surface area (TPSA) is 123 Å². The molecular formula is C17H14Cl2N4O5. The van der Waals surface area contributed by atoms with Gasteiger partial charge in [0.25, 0.3) is 17.5 Å². The van der Waals surface area contributed by atoms with Crippen LogP contribution in [0.2, 0.25) is 10.0 Å². The molecule has 2 aromatic carbocycles. The van der Waals surface area contributed by atoms with Crippen molar-refractivity contribution in [3.8, 4) is 5.75 Å². The lowest BCUT2D eigenvalue weighted by atomic mass is 10.2. The number of nitro groups is 1. The highest BCUT2D eigenvalue weighted by molar-refractivity contribution is 6.32. The maximum Gasteiger partial charge on any atom is 0.288 e. The number of rotatable bonds is 8. The molecule has 0 aromatic heterocycles. The molecule has 2 aromatic rings. The third-order valence-corrected chi connectivity index (χ3v) is 3.77. The van der Waals surface area contributed by atoms with Gasteiger partial charge >= 0.3 is 0 Å². The Balaban J connectivity index is 1.74. The lowest BCUT2D eigenvalue weighted by Gasteiger charge is -2.07. The second kappa shape index (κ2) is 10.2. The van der Waals surface area contributed by atoms with Crippen LogP contribution in [0, 0.1) is 10.1 Å². The summed E-state index contributed by atoms with van der Waals surface area (Å²) in [5, 5.41) is 17.4. The number of carbonyl (C=O) groups is 2. The summed E-state index contributed by atoms with van der Waals surface area (Å²) in [6, 6.07) is 10.5. The molecule has 0 aliphatic heterocycles. The Hall–Kier alpha value is -3.17. The van der Waals surface area contributed by atoms with Gasteiger partial charge in [0.05, 0.1) is 17.7 Å². The summed E-state index contributed by atoms with van der Waals surface area (Å²) in [5.74, 6) is -0.618. The number of carbonyl (C=O) groups excluding carboxylic acids is 2. The fraction of sp³-hybridized carbons (Fsp3) is 0.118. The molecule has 0 heterocycles. The van der Waals surface area contributed by atoms with Crippen LogP contribution in [0.25, 0.3) is 0 Å². The van der Waals surface area contributed by atoms with E-state index in [0.29, 0.717) is 16.3 Å². The van der Waals surface area contributed by atoms with E-state index in [0.717, 1.165) is 0 Å². The van der Waals surface area contributed by atoms with Crippen LogP contribution in [-0.2, 0) is 9.59 Å². The van der Waals surface area contributed by atoms with Gasteiger partial charge in [-0.05, 0) is 30.3 Å². The van der Waals surface area contributed by atoms with Crippen molar-refractivity contribution in [1.29, 1.82) is 0 Å². The second-order valence-electron chi connectivity index (χ2n) is 5.28. The zero-order chi connectivity index (χ0) is 20.5. The largest absolute Gasteiger partial charge is 0.484 e. The Morgan fingerprint density at radius 2 is 1.86 bits per heavy atom. The smallest absolute Gasteiger partial charge is 0.288 e. The van der Waals surface area contributed by atoms with Crippen molar-refractivity contribution in [3.05, 3.63) is 68.2 Å². The van der Waals surface area contributed by atoms with E-state index in [1.54, 1.807) is 24.3 Å². The summed E-state index contributed by atoms with van der Waals surface area (Å²) in [6.07, 6.45) is 1.21. The van der Waals surface area contributed by atoms with Crippen LogP contribution < -0.4 is 15.5 Å². The predicted molar refractivity (Wildman–Crippen MR) is 104 cm³/mol. The van der Waals surface area contributed by atoms with Crippen LogP contribution >= 0.6 is 23.2 Å². The lowest BCUT2D eigenvalue weighted by molar-refractivity contribution is -0.384. The molecule has 2 amide bonds. The van der Waals surface area contributed by atoms with Crippen LogP contribution in [0.5, 0.6) is 5.75 Å². The van der Waals surface area contributed by atoms with Crippen molar-refractivity contribution in [2.45, 2.75) is 0 Å². The number of halogens is 2. The standard InChI is InChI=1S/C17H14Cl2N4O5/c18-12-2-4-13(5-3-12)28-10-17(25)20-9-16(24)22-21-8-11-1-6-14(19)15(7-11)23(26)27/h1-8H,9-10H2,(H,20,25)(H,22,24)/b21-8-. The van der Waals surface area contributed by atoms with Crippen molar-refractivity contribution in [2.24, 2.45) is 5.10 Å². The number of amides is 2. The first-order valence-corrected chi connectivity index (χ1v) is 8.51. The Labute approximate surface area is 169 Å². The van der Waals surface area contributed by atoms with E-state index in [1.807, 2.05) is 0 Å². The molecule has 0 fully saturated rings. The zero-order valence-corrected chi connectivity index (χ0v) is 15.7. The van der Waals surface area contributed by atoms with Crippen LogP contribution in [0.1, 0.15) is 5.56 Å². The first-order chi connectivity index (χ1) is 13.3. The second-order valence-corrected chi connectivity index (χ2v) is 6.12. The summed E-state index contributed by atoms with van der Waals surface area (Å²) in [4.78, 5) is 33.5. The zero-order valence-electron chi connectivity index (χ0n) is 14.2. The quantitative estimate of drug-likeness (QED) is 0.382. The van der Waals surface area contributed by atoms with Gasteiger partial charge in [-0.25, -0.2) is 5.43 Å². The van der Waals surface area contributed by atoms with Gasteiger partial charge in [0.1, 0.15) is 10.8 Å². The molecule has 0 saturated heterocycles. The summed E-state index contributed by atoms with van der Waals surface area (Å²) in [7, 11) is 0. The molecule has 0 spiro atoms. The number of benzene rings is 2. The fourth-order valence-corrected chi connectivity index (χ4v) is 2.19. The third-order valence-electron chi connectivity index (χ3n) is 3.20. The van der Waals surface area contributed by atoms with Gasteiger partial charge in [-0.3, -0.25) is 19.7 Å². The summed E-state index contributed by atoms with van der Waals surface area (Å²) in [6.45, 7) is -0.590. The van der Waals surface area contributed by atoms with Gasteiger partial charge in [-0.2, -0.15) is 5.10 Å². The van der Waals surface area contributed by atoms with E-state index in [9.17, 15) is 19.7 Å². The van der Waals surface area contributed by atoms with E-state index in [-0.39, 0.29) is 23.9 Å². The summed E-state index contributed by atoms with van der Waals surface area (Å²) >= 11 is 11.4. The minimum Gasteiger partial charge on any atom is -0.484 e. The number of hydrazone groups is 1. The highest BCUT2D eigenvalue weighted by Gasteiger charge is 2.12. The van der Waals surface area contributed by atoms with Crippen LogP contribution in [0.4, 0.5) is 5.69 Å². The van der Waals surface area contributed by atoms with Gasteiger partial charge in [0, 0.05) is 16.7 Å². The Bertz CT molecular complexity index is 903. The molecular weight excluding hydrogens is 411 g/mol. The minimum atomic E-state index is -0.625. The summed E-state index contributed by atoms with van der Waals surface area (Å²) in [5.41, 5.74) is 2.29. The maximum absolute atomic E-state index is 11.7. The van der Waals surface area contributed by atoms with Crippen molar-refractivity contribution in [2.75, 3.05) is 13.2 Å². The molecule has 0 saturated carbocycles. The fourth-order valence-electron chi connectivity index (χ4n) is 1.88. The number of nitrogens with one attached hydrogen (secondary N) is 2. The van der Waals surface area contributed by atoms with E-state index < -0.39 is 16.7 Å². The first kappa shape index (κ1) is 21.1. The van der Waals surface area contributed by atoms with Gasteiger partial charge in [0.15, 0.2) is 6.61 Å². The van der Waals surface area contributed by atoms with E-state index in [1.165, 1.54) is 24.4 Å². The van der Waals surface area contributed by atoms with E-state index in [4.69, 9.17) is 27.9 Å². The Morgan fingerprint density at radius 3 is 2.54 bits per heavy atom. The van der Waals surface area contributed by atoms with Gasteiger partial charge in [0.2, 0.25) is 0 Å². The van der Waals surface area contributed by atoms with Crippen LogP contribution in [0.15, 0.2) is 47.6 Å². The van der Waals surface area contributed by atoms with Gasteiger partial charge in [-0.1, -0.05) is 29.3 Å². The molecule has 0 aliphatic rings. The minimum absolute atomic E-state index is 0.00489. The molecule has 0 atom stereocenters. The number of ether oxygens (including phenoxy) is 1. The highest BCUT2D eigenvalue weighted by atomic mass is 35.5. The van der Waals surface area contributed by atoms with Crippen LogP contribution in [-0.4, -0.2) is 36.1 Å². The van der Waals surface area contributed by atoms with Crippen molar-refractivity contribution < 1.29 is 19.2 Å². The molecule has 146 valence electrons. The maximum atomic E-state index is 11.7. The molecule has 0 aliphatic carbocycles. The Kier molecular flexibility index (Phi) is 7.73. The molecule has 2 rings (SSSR count). The first-order valence-electron chi connectivity index (χ1n) is 7.76. The van der Waals surface area contributed by atoms with Crippen molar-refractivity contribution in [3.63, 3.8) is 0 Å². The highest BCUT2D eigenvalue weighted by Crippen LogP contribution is 2.24. The molecule has 0 radical (unpaired) electrons. The molecule has 0 unspecified atom stereocenters. The summed E-state index contributed by atoms with van der Waals surface area (Å²) < 4.78 is 5.24. The number of hydrogen-bond acceptors (Lipinski definition) is 6. The molecule has 0 bridgehead atoms. The van der Waals surface area contributed by atoms with Crippen LogP contribution in [0.3, 0.4) is 0 Å². The van der Waals surface area contributed by atoms with Crippen molar-refractivity contribution >= 4 is 46.9 Å². The average molecular weight is 425 g/mol. The third kappa shape index (κ3) is 6.86. The molecule has 2 N–H and O–H groups in total. The monoisotopic (exact) mass is 424 g/mol. The number of nitro benzene ring substituents is 1. The van der Waals surface area contributed by atoms with Gasteiger partial charge in [-0.15, -0.1) is 0 Å². The molecule has 9 nitrogen and oxygen atoms in total. The van der Waals surface area contributed by atoms with E-state index in [2.05, 4.69) is 15.8 Å². The Morgan fingerprint density at radius 1 is 1.14 bits per heavy atom. The van der Waals surface area contributed by atoms with Crippen molar-refractivity contribution in [1.82, 2.24) is 10.7 Å². The normalized spacial score (nSPS) is 10.5. The predicted octanol–water partition coefficient (Wildman–Crippen LogP) is 2.55. The average Bonchev–Trinajstić information content (AvgIpc) is 2.67. The lowest BCUT2D eigenvalue weighted by Crippen LogP contribution is -2.37. The molecule has 11 heteroatoms.